The molecule has 1 fully saturated rings. The Bertz CT molecular complexity index is 946. The second kappa shape index (κ2) is 9.95. The molecule has 0 radical (unpaired) electrons. The van der Waals surface area contributed by atoms with Crippen LogP contribution in [0.3, 0.4) is 0 Å². The summed E-state index contributed by atoms with van der Waals surface area (Å²) >= 11 is 7.05. The predicted molar refractivity (Wildman–Crippen MR) is 117 cm³/mol. The molecule has 0 aromatic heterocycles. The summed E-state index contributed by atoms with van der Waals surface area (Å²) in [4.78, 5) is 35.0. The molecule has 1 aliphatic carbocycles. The maximum atomic E-state index is 12.7. The topological polar surface area (TPSA) is 115 Å². The highest BCUT2D eigenvalue weighted by atomic mass is 35.5. The van der Waals surface area contributed by atoms with Crippen LogP contribution < -0.4 is 11.1 Å². The SMILES string of the molecule is NC(=O)c1ccc(SCC(=O)NC(c2ccc(Cl)cc2)C2CCCC2)c([N+](=O)[O-])c1. The van der Waals surface area contributed by atoms with E-state index in [1.807, 2.05) is 24.3 Å². The van der Waals surface area contributed by atoms with Gasteiger partial charge in [-0.25, -0.2) is 0 Å². The third kappa shape index (κ3) is 5.52. The molecule has 1 aliphatic rings. The molecule has 0 bridgehead atoms. The molecular weight excluding hydrogens is 426 g/mol. The Labute approximate surface area is 183 Å². The van der Waals surface area contributed by atoms with Crippen molar-refractivity contribution in [3.05, 3.63) is 68.7 Å². The molecule has 7 nitrogen and oxygen atoms in total. The van der Waals surface area contributed by atoms with E-state index in [1.165, 1.54) is 12.1 Å². The van der Waals surface area contributed by atoms with E-state index >= 15 is 0 Å². The number of rotatable bonds is 8. The Morgan fingerprint density at radius 1 is 1.20 bits per heavy atom. The highest BCUT2D eigenvalue weighted by Gasteiger charge is 2.28. The van der Waals surface area contributed by atoms with Gasteiger partial charge in [0, 0.05) is 16.7 Å². The number of primary amides is 1. The minimum absolute atomic E-state index is 0.0214. The molecule has 3 rings (SSSR count). The third-order valence-corrected chi connectivity index (χ3v) is 6.53. The Kier molecular flexibility index (Phi) is 7.33. The summed E-state index contributed by atoms with van der Waals surface area (Å²) in [7, 11) is 0. The van der Waals surface area contributed by atoms with Crippen LogP contribution in [0.15, 0.2) is 47.4 Å². The lowest BCUT2D eigenvalue weighted by molar-refractivity contribution is -0.387. The first-order valence-electron chi connectivity index (χ1n) is 9.61. The zero-order valence-corrected chi connectivity index (χ0v) is 17.7. The molecule has 2 aromatic rings. The Hall–Kier alpha value is -2.58. The van der Waals surface area contributed by atoms with Crippen LogP contribution in [0, 0.1) is 16.0 Å². The summed E-state index contributed by atoms with van der Waals surface area (Å²) in [5.41, 5.74) is 6.01. The van der Waals surface area contributed by atoms with Crippen molar-refractivity contribution in [1.29, 1.82) is 0 Å². The number of hydrogen-bond donors (Lipinski definition) is 2. The van der Waals surface area contributed by atoms with Gasteiger partial charge in [0.1, 0.15) is 0 Å². The first-order valence-corrected chi connectivity index (χ1v) is 11.0. The molecule has 158 valence electrons. The van der Waals surface area contributed by atoms with Gasteiger partial charge in [-0.2, -0.15) is 0 Å². The number of hydrogen-bond acceptors (Lipinski definition) is 5. The number of nitrogens with two attached hydrogens (primary N) is 1. The van der Waals surface area contributed by atoms with Crippen molar-refractivity contribution in [3.8, 4) is 0 Å². The molecule has 0 saturated heterocycles. The van der Waals surface area contributed by atoms with Crippen molar-refractivity contribution in [1.82, 2.24) is 5.32 Å². The fourth-order valence-corrected chi connectivity index (χ4v) is 4.67. The molecule has 2 amide bonds. The lowest BCUT2D eigenvalue weighted by Gasteiger charge is -2.25. The average molecular weight is 448 g/mol. The number of nitrogens with zero attached hydrogens (tertiary/aromatic N) is 1. The zero-order valence-electron chi connectivity index (χ0n) is 16.2. The van der Waals surface area contributed by atoms with Gasteiger partial charge in [0.05, 0.1) is 21.6 Å². The van der Waals surface area contributed by atoms with Crippen molar-refractivity contribution in [3.63, 3.8) is 0 Å². The number of nitrogens with one attached hydrogen (secondary N) is 1. The van der Waals surface area contributed by atoms with Crippen molar-refractivity contribution in [2.75, 3.05) is 5.75 Å². The fraction of sp³-hybridized carbons (Fsp3) is 0.333. The van der Waals surface area contributed by atoms with Gasteiger partial charge >= 0.3 is 0 Å². The molecule has 1 atom stereocenters. The normalized spacial score (nSPS) is 15.0. The molecule has 1 unspecified atom stereocenters. The Balaban J connectivity index is 1.71. The monoisotopic (exact) mass is 447 g/mol. The number of amides is 2. The molecule has 0 aliphatic heterocycles. The second-order valence-electron chi connectivity index (χ2n) is 7.23. The minimum atomic E-state index is -0.741. The summed E-state index contributed by atoms with van der Waals surface area (Å²) in [6, 6.07) is 11.3. The van der Waals surface area contributed by atoms with Gasteiger partial charge in [0.25, 0.3) is 5.69 Å². The predicted octanol–water partition coefficient (Wildman–Crippen LogP) is 4.49. The minimum Gasteiger partial charge on any atom is -0.366 e. The largest absolute Gasteiger partial charge is 0.366 e. The van der Waals surface area contributed by atoms with Crippen LogP contribution in [0.5, 0.6) is 0 Å². The third-order valence-electron chi connectivity index (χ3n) is 5.22. The van der Waals surface area contributed by atoms with Gasteiger partial charge < -0.3 is 11.1 Å². The van der Waals surface area contributed by atoms with Gasteiger partial charge in [0.2, 0.25) is 11.8 Å². The number of carbonyl (C=O) groups is 2. The first kappa shape index (κ1) is 22.1. The van der Waals surface area contributed by atoms with Crippen molar-refractivity contribution >= 4 is 40.9 Å². The van der Waals surface area contributed by atoms with Crippen LogP contribution in [0.4, 0.5) is 5.69 Å². The number of benzene rings is 2. The van der Waals surface area contributed by atoms with Crippen LogP contribution in [-0.4, -0.2) is 22.5 Å². The quantitative estimate of drug-likeness (QED) is 0.351. The highest BCUT2D eigenvalue weighted by Crippen LogP contribution is 2.36. The zero-order chi connectivity index (χ0) is 21.7. The maximum absolute atomic E-state index is 12.7. The highest BCUT2D eigenvalue weighted by molar-refractivity contribution is 8.00. The summed E-state index contributed by atoms with van der Waals surface area (Å²) in [6.07, 6.45) is 4.36. The van der Waals surface area contributed by atoms with Crippen LogP contribution in [0.1, 0.15) is 47.6 Å². The van der Waals surface area contributed by atoms with E-state index in [1.54, 1.807) is 0 Å². The molecule has 0 heterocycles. The van der Waals surface area contributed by atoms with E-state index in [-0.39, 0.29) is 29.0 Å². The van der Waals surface area contributed by atoms with E-state index in [9.17, 15) is 19.7 Å². The van der Waals surface area contributed by atoms with E-state index in [0.717, 1.165) is 49.1 Å². The van der Waals surface area contributed by atoms with E-state index in [4.69, 9.17) is 17.3 Å². The fourth-order valence-electron chi connectivity index (χ4n) is 3.73. The van der Waals surface area contributed by atoms with Crippen molar-refractivity contribution in [2.24, 2.45) is 11.7 Å². The standard InChI is InChI=1S/C21H22ClN3O4S/c22-16-8-5-14(6-9-16)20(13-3-1-2-4-13)24-19(26)12-30-18-10-7-15(21(23)27)11-17(18)25(28)29/h5-11,13,20H,1-4,12H2,(H2,23,27)(H,24,26). The molecular formula is C21H22ClN3O4S. The number of nitro groups is 1. The van der Waals surface area contributed by atoms with Gasteiger partial charge in [-0.3, -0.25) is 19.7 Å². The molecule has 3 N–H and O–H groups in total. The van der Waals surface area contributed by atoms with E-state index in [0.29, 0.717) is 15.8 Å². The summed E-state index contributed by atoms with van der Waals surface area (Å²) in [6.45, 7) is 0. The molecule has 0 spiro atoms. The Morgan fingerprint density at radius 2 is 1.87 bits per heavy atom. The van der Waals surface area contributed by atoms with E-state index in [2.05, 4.69) is 5.32 Å². The molecule has 1 saturated carbocycles. The summed E-state index contributed by atoms with van der Waals surface area (Å²) in [5.74, 6) is -0.577. The van der Waals surface area contributed by atoms with Crippen molar-refractivity contribution < 1.29 is 14.5 Å². The lowest BCUT2D eigenvalue weighted by atomic mass is 9.91. The van der Waals surface area contributed by atoms with Crippen molar-refractivity contribution in [2.45, 2.75) is 36.6 Å². The van der Waals surface area contributed by atoms with E-state index < -0.39 is 10.8 Å². The second-order valence-corrected chi connectivity index (χ2v) is 8.69. The van der Waals surface area contributed by atoms with Gasteiger partial charge in [-0.15, -0.1) is 11.8 Å². The Morgan fingerprint density at radius 3 is 2.47 bits per heavy atom. The molecule has 2 aromatic carbocycles. The number of thioether (sulfide) groups is 1. The maximum Gasteiger partial charge on any atom is 0.283 e. The van der Waals surface area contributed by atoms with Gasteiger partial charge in [0.15, 0.2) is 0 Å². The van der Waals surface area contributed by atoms with Gasteiger partial charge in [-0.1, -0.05) is 36.6 Å². The van der Waals surface area contributed by atoms with Crippen LogP contribution in [0.2, 0.25) is 5.02 Å². The van der Waals surface area contributed by atoms with Gasteiger partial charge in [-0.05, 0) is 48.6 Å². The number of halogens is 1. The average Bonchev–Trinajstić information content (AvgIpc) is 3.25. The van der Waals surface area contributed by atoms with Crippen LogP contribution in [-0.2, 0) is 4.79 Å². The summed E-state index contributed by atoms with van der Waals surface area (Å²) in [5, 5.41) is 15.1. The first-order chi connectivity index (χ1) is 14.3. The summed E-state index contributed by atoms with van der Waals surface area (Å²) < 4.78 is 0. The molecule has 9 heteroatoms. The van der Waals surface area contributed by atoms with Crippen LogP contribution >= 0.6 is 23.4 Å². The number of carbonyl (C=O) groups excluding carboxylic acids is 2. The molecule has 30 heavy (non-hydrogen) atoms. The smallest absolute Gasteiger partial charge is 0.283 e. The van der Waals surface area contributed by atoms with Crippen LogP contribution in [0.25, 0.3) is 0 Å². The lowest BCUT2D eigenvalue weighted by Crippen LogP contribution is -2.33. The number of nitro benzene ring substituents is 1.